The van der Waals surface area contributed by atoms with Gasteiger partial charge in [-0.3, -0.25) is 19.7 Å². The second kappa shape index (κ2) is 10.2. The Morgan fingerprint density at radius 1 is 1.16 bits per heavy atom. The topological polar surface area (TPSA) is 148 Å². The summed E-state index contributed by atoms with van der Waals surface area (Å²) in [6.07, 6.45) is 0.959. The minimum Gasteiger partial charge on any atom is -0.378 e. The molecule has 0 aromatic heterocycles. The van der Waals surface area contributed by atoms with E-state index in [0.29, 0.717) is 0 Å². The highest BCUT2D eigenvalue weighted by molar-refractivity contribution is 7.90. The zero-order valence-corrected chi connectivity index (χ0v) is 18.3. The van der Waals surface area contributed by atoms with Crippen molar-refractivity contribution in [2.75, 3.05) is 24.7 Å². The van der Waals surface area contributed by atoms with E-state index in [4.69, 9.17) is 11.6 Å². The van der Waals surface area contributed by atoms with E-state index in [9.17, 15) is 28.1 Å². The lowest BCUT2D eigenvalue weighted by Crippen LogP contribution is -2.45. The quantitative estimate of drug-likeness (QED) is 0.289. The summed E-state index contributed by atoms with van der Waals surface area (Å²) in [6.45, 7) is 1.75. The Kier molecular flexibility index (Phi) is 7.95. The van der Waals surface area contributed by atoms with Gasteiger partial charge < -0.3 is 16.0 Å². The highest BCUT2D eigenvalue weighted by Crippen LogP contribution is 2.27. The molecule has 12 heteroatoms. The molecule has 2 aromatic rings. The molecular formula is C19H21ClN4O6S. The van der Waals surface area contributed by atoms with Crippen molar-refractivity contribution >= 4 is 44.6 Å². The van der Waals surface area contributed by atoms with Crippen molar-refractivity contribution < 1.29 is 22.9 Å². The third kappa shape index (κ3) is 6.66. The summed E-state index contributed by atoms with van der Waals surface area (Å²) in [4.78, 5) is 34.7. The number of rotatable bonds is 9. The van der Waals surface area contributed by atoms with Gasteiger partial charge in [-0.1, -0.05) is 23.7 Å². The maximum Gasteiger partial charge on any atom is 0.293 e. The van der Waals surface area contributed by atoms with Gasteiger partial charge in [0.05, 0.1) is 20.4 Å². The summed E-state index contributed by atoms with van der Waals surface area (Å²) in [7, 11) is -3.59. The second-order valence-corrected chi connectivity index (χ2v) is 9.02. The van der Waals surface area contributed by atoms with Gasteiger partial charge >= 0.3 is 0 Å². The van der Waals surface area contributed by atoms with Crippen molar-refractivity contribution in [3.05, 3.63) is 63.2 Å². The van der Waals surface area contributed by atoms with E-state index in [2.05, 4.69) is 16.0 Å². The van der Waals surface area contributed by atoms with Crippen LogP contribution in [0.4, 0.5) is 11.4 Å². The van der Waals surface area contributed by atoms with E-state index in [-0.39, 0.29) is 34.3 Å². The Morgan fingerprint density at radius 2 is 1.84 bits per heavy atom. The number of nitro groups is 1. The number of nitro benzene ring substituents is 1. The van der Waals surface area contributed by atoms with E-state index >= 15 is 0 Å². The summed E-state index contributed by atoms with van der Waals surface area (Å²) in [5.41, 5.74) is -0.0309. The number of hydrogen-bond acceptors (Lipinski definition) is 7. The van der Waals surface area contributed by atoms with Crippen LogP contribution in [-0.2, 0) is 14.6 Å². The summed E-state index contributed by atoms with van der Waals surface area (Å²) in [6, 6.07) is 9.12. The number of carbonyl (C=O) groups is 2. The monoisotopic (exact) mass is 468 g/mol. The Bertz CT molecular complexity index is 1110. The van der Waals surface area contributed by atoms with Crippen LogP contribution in [-0.4, -0.2) is 50.5 Å². The van der Waals surface area contributed by atoms with Crippen LogP contribution in [0.25, 0.3) is 0 Å². The molecule has 3 N–H and O–H groups in total. The molecule has 10 nitrogen and oxygen atoms in total. The maximum absolute atomic E-state index is 12.2. The molecule has 0 aliphatic rings. The molecule has 0 aliphatic carbocycles. The van der Waals surface area contributed by atoms with E-state index < -0.39 is 38.3 Å². The Morgan fingerprint density at radius 3 is 2.45 bits per heavy atom. The summed E-state index contributed by atoms with van der Waals surface area (Å²) in [5, 5.41) is 19.4. The van der Waals surface area contributed by atoms with Gasteiger partial charge in [-0.25, -0.2) is 8.42 Å². The maximum atomic E-state index is 12.2. The van der Waals surface area contributed by atoms with E-state index in [1.54, 1.807) is 18.2 Å². The fourth-order valence-electron chi connectivity index (χ4n) is 2.56. The Balaban J connectivity index is 1.89. The van der Waals surface area contributed by atoms with Crippen LogP contribution in [0.15, 0.2) is 47.4 Å². The van der Waals surface area contributed by atoms with Crippen molar-refractivity contribution in [3.8, 4) is 0 Å². The second-order valence-electron chi connectivity index (χ2n) is 6.60. The van der Waals surface area contributed by atoms with Crippen LogP contribution >= 0.6 is 11.6 Å². The molecule has 0 spiro atoms. The van der Waals surface area contributed by atoms with Gasteiger partial charge in [-0.05, 0) is 31.2 Å². The van der Waals surface area contributed by atoms with Gasteiger partial charge in [-0.2, -0.15) is 0 Å². The van der Waals surface area contributed by atoms with E-state index in [1.807, 2.05) is 0 Å². The lowest BCUT2D eigenvalue weighted by Gasteiger charge is -2.15. The largest absolute Gasteiger partial charge is 0.378 e. The average molecular weight is 469 g/mol. The Labute approximate surface area is 184 Å². The number of anilines is 1. The highest BCUT2D eigenvalue weighted by Gasteiger charge is 2.20. The molecule has 0 unspecified atom stereocenters. The molecule has 0 heterocycles. The molecule has 2 rings (SSSR count). The first-order chi connectivity index (χ1) is 14.5. The molecule has 2 amide bonds. The smallest absolute Gasteiger partial charge is 0.293 e. The number of benzene rings is 2. The minimum absolute atomic E-state index is 0.107. The molecule has 31 heavy (non-hydrogen) atoms. The van der Waals surface area contributed by atoms with Crippen LogP contribution in [0.3, 0.4) is 0 Å². The first kappa shape index (κ1) is 24.1. The first-order valence-corrected chi connectivity index (χ1v) is 11.3. The van der Waals surface area contributed by atoms with E-state index in [0.717, 1.165) is 12.3 Å². The van der Waals surface area contributed by atoms with Gasteiger partial charge in [0, 0.05) is 25.4 Å². The van der Waals surface area contributed by atoms with Gasteiger partial charge in [0.2, 0.25) is 5.91 Å². The minimum atomic E-state index is -3.59. The summed E-state index contributed by atoms with van der Waals surface area (Å²) >= 11 is 5.96. The van der Waals surface area contributed by atoms with Crippen LogP contribution < -0.4 is 16.0 Å². The lowest BCUT2D eigenvalue weighted by molar-refractivity contribution is -0.384. The number of amides is 2. The zero-order chi connectivity index (χ0) is 23.2. The average Bonchev–Trinajstić information content (AvgIpc) is 2.70. The fourth-order valence-corrected chi connectivity index (χ4v) is 3.43. The van der Waals surface area contributed by atoms with Crippen LogP contribution in [0.1, 0.15) is 17.3 Å². The molecule has 1 atom stereocenters. The number of carbonyl (C=O) groups excluding carboxylic acids is 2. The van der Waals surface area contributed by atoms with Crippen molar-refractivity contribution in [2.24, 2.45) is 0 Å². The van der Waals surface area contributed by atoms with Gasteiger partial charge in [0.15, 0.2) is 9.84 Å². The third-order valence-corrected chi connectivity index (χ3v) is 5.63. The third-order valence-electron chi connectivity index (χ3n) is 4.19. The summed E-state index contributed by atoms with van der Waals surface area (Å²) in [5.74, 6) is -0.947. The van der Waals surface area contributed by atoms with E-state index in [1.165, 1.54) is 25.1 Å². The zero-order valence-electron chi connectivity index (χ0n) is 16.7. The number of sulfone groups is 1. The lowest BCUT2D eigenvalue weighted by atomic mass is 10.2. The molecule has 166 valence electrons. The number of nitrogens with zero attached hydrogens (tertiary/aromatic N) is 1. The van der Waals surface area contributed by atoms with Crippen molar-refractivity contribution in [1.82, 2.24) is 10.6 Å². The normalized spacial score (nSPS) is 12.0. The van der Waals surface area contributed by atoms with Crippen LogP contribution in [0, 0.1) is 10.1 Å². The number of nitrogens with one attached hydrogen (secondary N) is 3. The van der Waals surface area contributed by atoms with Gasteiger partial charge in [0.25, 0.3) is 11.6 Å². The first-order valence-electron chi connectivity index (χ1n) is 9.06. The molecule has 0 bridgehead atoms. The molecule has 0 saturated carbocycles. The number of halogens is 1. The molecule has 2 aromatic carbocycles. The van der Waals surface area contributed by atoms with Gasteiger partial charge in [0.1, 0.15) is 11.7 Å². The van der Waals surface area contributed by atoms with Crippen LogP contribution in [0.2, 0.25) is 5.02 Å². The SMILES string of the molecule is C[C@H](NC(=O)c1ccccc1Cl)C(=O)NCCNc1ccc(S(C)(=O)=O)cc1[N+](=O)[O-]. The molecule has 0 fully saturated rings. The van der Waals surface area contributed by atoms with Crippen LogP contribution in [0.5, 0.6) is 0 Å². The van der Waals surface area contributed by atoms with Crippen molar-refractivity contribution in [2.45, 2.75) is 17.9 Å². The molecular weight excluding hydrogens is 448 g/mol. The Hall–Kier alpha value is -3.18. The highest BCUT2D eigenvalue weighted by atomic mass is 35.5. The predicted octanol–water partition coefficient (Wildman–Crippen LogP) is 2.00. The van der Waals surface area contributed by atoms with Gasteiger partial charge in [-0.15, -0.1) is 0 Å². The van der Waals surface area contributed by atoms with Crippen molar-refractivity contribution in [1.29, 1.82) is 0 Å². The number of hydrogen-bond donors (Lipinski definition) is 3. The molecule has 0 radical (unpaired) electrons. The fraction of sp³-hybridized carbons (Fsp3) is 0.263. The predicted molar refractivity (Wildman–Crippen MR) is 116 cm³/mol. The molecule has 0 saturated heterocycles. The summed E-state index contributed by atoms with van der Waals surface area (Å²) < 4.78 is 23.2. The molecule has 0 aliphatic heterocycles. The van der Waals surface area contributed by atoms with Crippen molar-refractivity contribution in [3.63, 3.8) is 0 Å². The standard InChI is InChI=1S/C19H21ClN4O6S/c1-12(23-19(26)14-5-3-4-6-15(14)20)18(25)22-10-9-21-16-8-7-13(31(2,29)30)11-17(16)24(27)28/h3-8,11-12,21H,9-10H2,1-2H3,(H,22,25)(H,23,26)/t12-/m0/s1.